The van der Waals surface area contributed by atoms with E-state index in [0.29, 0.717) is 22.5 Å². The number of halogens is 1. The van der Waals surface area contributed by atoms with E-state index in [-0.39, 0.29) is 11.7 Å². The fourth-order valence-corrected chi connectivity index (χ4v) is 3.24. The molecule has 0 spiro atoms. The van der Waals surface area contributed by atoms with E-state index in [1.165, 1.54) is 19.1 Å². The predicted molar refractivity (Wildman–Crippen MR) is 115 cm³/mol. The molecule has 150 valence electrons. The molecule has 4 aromatic rings. The number of carbonyl (C=O) groups excluding carboxylic acids is 1. The summed E-state index contributed by atoms with van der Waals surface area (Å²) in [7, 11) is 0. The zero-order valence-electron chi connectivity index (χ0n) is 16.6. The first-order valence-electron chi connectivity index (χ1n) is 9.42. The Hall–Kier alpha value is -3.93. The number of hydrogen-bond acceptors (Lipinski definition) is 4. The fourth-order valence-electron chi connectivity index (χ4n) is 3.24. The van der Waals surface area contributed by atoms with Gasteiger partial charge in [-0.25, -0.2) is 4.39 Å². The Morgan fingerprint density at radius 3 is 2.33 bits per heavy atom. The van der Waals surface area contributed by atoms with Crippen LogP contribution in [0.3, 0.4) is 0 Å². The lowest BCUT2D eigenvalue weighted by atomic mass is 10.0. The molecule has 0 aliphatic carbocycles. The highest BCUT2D eigenvalue weighted by Gasteiger charge is 2.24. The molecule has 0 saturated carbocycles. The Bertz CT molecular complexity index is 1210. The van der Waals surface area contributed by atoms with Crippen molar-refractivity contribution in [2.24, 2.45) is 0 Å². The maximum Gasteiger partial charge on any atom is 0.309 e. The van der Waals surface area contributed by atoms with Gasteiger partial charge in [0.05, 0.1) is 11.3 Å². The van der Waals surface area contributed by atoms with Crippen LogP contribution in [-0.4, -0.2) is 15.7 Å². The molecule has 0 amide bonds. The van der Waals surface area contributed by atoms with E-state index in [1.54, 1.807) is 28.9 Å². The van der Waals surface area contributed by atoms with Gasteiger partial charge in [-0.1, -0.05) is 42.0 Å². The molecule has 4 rings (SSSR count). The molecule has 0 aliphatic rings. The number of hydrogen-bond donors (Lipinski definition) is 1. The normalized spacial score (nSPS) is 10.8. The summed E-state index contributed by atoms with van der Waals surface area (Å²) in [5.41, 5.74) is 10.7. The van der Waals surface area contributed by atoms with Crippen molar-refractivity contribution in [3.8, 4) is 34.0 Å². The molecule has 2 N–H and O–H groups in total. The van der Waals surface area contributed by atoms with Crippen LogP contribution < -0.4 is 10.5 Å². The number of nitrogens with two attached hydrogens (primary N) is 1. The van der Waals surface area contributed by atoms with Crippen LogP contribution in [0.4, 0.5) is 10.1 Å². The van der Waals surface area contributed by atoms with Crippen LogP contribution >= 0.6 is 0 Å². The van der Waals surface area contributed by atoms with Crippen molar-refractivity contribution in [2.45, 2.75) is 13.8 Å². The molecule has 5 nitrogen and oxygen atoms in total. The van der Waals surface area contributed by atoms with E-state index in [4.69, 9.17) is 15.6 Å². The summed E-state index contributed by atoms with van der Waals surface area (Å²) in [5.74, 6) is -0.601. The zero-order valence-corrected chi connectivity index (χ0v) is 16.6. The van der Waals surface area contributed by atoms with Crippen molar-refractivity contribution >= 4 is 11.7 Å². The van der Waals surface area contributed by atoms with E-state index in [1.807, 2.05) is 43.3 Å². The second kappa shape index (κ2) is 7.83. The summed E-state index contributed by atoms with van der Waals surface area (Å²) < 4.78 is 21.2. The van der Waals surface area contributed by atoms with Gasteiger partial charge in [0, 0.05) is 18.2 Å². The SMILES string of the molecule is CC(=O)Oc1c(-c2ccc(N)cc2)c(-c2cccc(F)c2)nn1-c1ccc(C)cc1. The number of esters is 1. The van der Waals surface area contributed by atoms with E-state index < -0.39 is 5.97 Å². The van der Waals surface area contributed by atoms with Crippen molar-refractivity contribution in [2.75, 3.05) is 5.73 Å². The smallest absolute Gasteiger partial charge is 0.309 e. The minimum absolute atomic E-state index is 0.260. The van der Waals surface area contributed by atoms with Crippen molar-refractivity contribution in [3.63, 3.8) is 0 Å². The van der Waals surface area contributed by atoms with Gasteiger partial charge in [0.15, 0.2) is 0 Å². The third-order valence-electron chi connectivity index (χ3n) is 4.66. The van der Waals surface area contributed by atoms with Crippen LogP contribution in [-0.2, 0) is 4.79 Å². The highest BCUT2D eigenvalue weighted by atomic mass is 19.1. The highest BCUT2D eigenvalue weighted by molar-refractivity contribution is 5.87. The number of ether oxygens (including phenoxy) is 1. The summed E-state index contributed by atoms with van der Waals surface area (Å²) in [6.45, 7) is 3.32. The Kier molecular flexibility index (Phi) is 5.06. The first-order chi connectivity index (χ1) is 14.4. The standard InChI is InChI=1S/C24H20FN3O2/c1-15-6-12-21(13-7-15)28-24(30-16(2)29)22(17-8-10-20(26)11-9-17)23(27-28)18-4-3-5-19(25)14-18/h3-14H,26H2,1-2H3. The van der Waals surface area contributed by atoms with Gasteiger partial charge in [-0.2, -0.15) is 9.78 Å². The number of rotatable bonds is 4. The van der Waals surface area contributed by atoms with Gasteiger partial charge in [-0.15, -0.1) is 0 Å². The number of nitrogen functional groups attached to an aromatic ring is 1. The maximum atomic E-state index is 14.0. The largest absolute Gasteiger partial charge is 0.407 e. The fraction of sp³-hybridized carbons (Fsp3) is 0.0833. The molecule has 0 atom stereocenters. The Morgan fingerprint density at radius 2 is 1.70 bits per heavy atom. The summed E-state index contributed by atoms with van der Waals surface area (Å²) >= 11 is 0. The molecule has 0 aliphatic heterocycles. The molecule has 1 heterocycles. The zero-order chi connectivity index (χ0) is 21.3. The van der Waals surface area contributed by atoms with Crippen LogP contribution in [0, 0.1) is 12.7 Å². The second-order valence-corrected chi connectivity index (χ2v) is 7.00. The van der Waals surface area contributed by atoms with Crippen molar-refractivity contribution in [1.82, 2.24) is 9.78 Å². The number of benzene rings is 3. The molecule has 0 bridgehead atoms. The molecule has 3 aromatic carbocycles. The lowest BCUT2D eigenvalue weighted by Gasteiger charge is -2.10. The minimum Gasteiger partial charge on any atom is -0.407 e. The molecule has 6 heteroatoms. The van der Waals surface area contributed by atoms with Crippen LogP contribution in [0.25, 0.3) is 28.1 Å². The maximum absolute atomic E-state index is 14.0. The van der Waals surface area contributed by atoms with Gasteiger partial charge in [0.1, 0.15) is 11.5 Å². The Morgan fingerprint density at radius 1 is 1.00 bits per heavy atom. The lowest BCUT2D eigenvalue weighted by Crippen LogP contribution is -2.08. The molecule has 30 heavy (non-hydrogen) atoms. The van der Waals surface area contributed by atoms with Gasteiger partial charge in [-0.3, -0.25) is 4.79 Å². The number of aryl methyl sites for hydroxylation is 1. The van der Waals surface area contributed by atoms with Crippen LogP contribution in [0.1, 0.15) is 12.5 Å². The number of aromatic nitrogens is 2. The molecule has 0 unspecified atom stereocenters. The van der Waals surface area contributed by atoms with Crippen molar-refractivity contribution in [3.05, 3.63) is 84.2 Å². The van der Waals surface area contributed by atoms with Crippen LogP contribution in [0.5, 0.6) is 5.88 Å². The highest BCUT2D eigenvalue weighted by Crippen LogP contribution is 2.41. The average Bonchev–Trinajstić information content (AvgIpc) is 3.08. The van der Waals surface area contributed by atoms with E-state index in [9.17, 15) is 9.18 Å². The minimum atomic E-state index is -0.481. The molecular formula is C24H20FN3O2. The lowest BCUT2D eigenvalue weighted by molar-refractivity contribution is -0.132. The summed E-state index contributed by atoms with van der Waals surface area (Å²) in [6, 6.07) is 21.0. The third kappa shape index (κ3) is 3.80. The van der Waals surface area contributed by atoms with Crippen LogP contribution in [0.2, 0.25) is 0 Å². The number of anilines is 1. The molecule has 1 aromatic heterocycles. The monoisotopic (exact) mass is 401 g/mol. The van der Waals surface area contributed by atoms with Gasteiger partial charge in [0.25, 0.3) is 0 Å². The molecule has 0 fully saturated rings. The quantitative estimate of drug-likeness (QED) is 0.379. The van der Waals surface area contributed by atoms with Gasteiger partial charge in [0.2, 0.25) is 5.88 Å². The Labute approximate surface area is 173 Å². The topological polar surface area (TPSA) is 70.1 Å². The van der Waals surface area contributed by atoms with E-state index in [0.717, 1.165) is 16.8 Å². The first kappa shape index (κ1) is 19.4. The number of nitrogens with zero attached hydrogens (tertiary/aromatic N) is 2. The molecular weight excluding hydrogens is 381 g/mol. The van der Waals surface area contributed by atoms with Gasteiger partial charge >= 0.3 is 5.97 Å². The third-order valence-corrected chi connectivity index (χ3v) is 4.66. The van der Waals surface area contributed by atoms with E-state index >= 15 is 0 Å². The second-order valence-electron chi connectivity index (χ2n) is 7.00. The average molecular weight is 401 g/mol. The van der Waals surface area contributed by atoms with Crippen molar-refractivity contribution < 1.29 is 13.9 Å². The van der Waals surface area contributed by atoms with Gasteiger partial charge in [-0.05, 0) is 48.9 Å². The summed E-state index contributed by atoms with van der Waals surface area (Å²) in [4.78, 5) is 11.9. The predicted octanol–water partition coefficient (Wildman–Crippen LogP) is 5.16. The Balaban J connectivity index is 2.04. The first-order valence-corrected chi connectivity index (χ1v) is 9.42. The summed E-state index contributed by atoms with van der Waals surface area (Å²) in [5, 5.41) is 4.71. The van der Waals surface area contributed by atoms with E-state index in [2.05, 4.69) is 0 Å². The van der Waals surface area contributed by atoms with Gasteiger partial charge < -0.3 is 10.5 Å². The van der Waals surface area contributed by atoms with Crippen LogP contribution in [0.15, 0.2) is 72.8 Å². The molecule has 0 saturated heterocycles. The number of carbonyl (C=O) groups is 1. The molecule has 0 radical (unpaired) electrons. The summed E-state index contributed by atoms with van der Waals surface area (Å²) in [6.07, 6.45) is 0. The van der Waals surface area contributed by atoms with Crippen molar-refractivity contribution in [1.29, 1.82) is 0 Å².